The first kappa shape index (κ1) is 14.9. The van der Waals surface area contributed by atoms with E-state index in [0.717, 1.165) is 29.9 Å². The Hall–Kier alpha value is -1.49. The van der Waals surface area contributed by atoms with Gasteiger partial charge in [0.05, 0.1) is 5.56 Å². The van der Waals surface area contributed by atoms with Crippen LogP contribution in [0.25, 0.3) is 0 Å². The molecule has 1 aromatic rings. The van der Waals surface area contributed by atoms with Crippen LogP contribution in [0.4, 0.5) is 0 Å². The van der Waals surface area contributed by atoms with Crippen LogP contribution in [-0.4, -0.2) is 28.5 Å². The SMILES string of the molecule is O=C(CC1CCSCC1)NCc1cccc(C(=O)O)c1. The van der Waals surface area contributed by atoms with E-state index in [2.05, 4.69) is 5.32 Å². The molecule has 2 rings (SSSR count). The van der Waals surface area contributed by atoms with Crippen molar-refractivity contribution in [3.05, 3.63) is 35.4 Å². The van der Waals surface area contributed by atoms with Crippen molar-refractivity contribution in [3.8, 4) is 0 Å². The molecule has 0 saturated carbocycles. The van der Waals surface area contributed by atoms with Gasteiger partial charge in [0, 0.05) is 13.0 Å². The van der Waals surface area contributed by atoms with Crippen LogP contribution in [0.3, 0.4) is 0 Å². The molecule has 0 bridgehead atoms. The first-order valence-corrected chi connectivity index (χ1v) is 7.97. The third-order valence-corrected chi connectivity index (χ3v) is 4.53. The summed E-state index contributed by atoms with van der Waals surface area (Å²) in [5.41, 5.74) is 1.07. The maximum Gasteiger partial charge on any atom is 0.335 e. The Bertz CT molecular complexity index is 484. The highest BCUT2D eigenvalue weighted by Crippen LogP contribution is 2.25. The van der Waals surface area contributed by atoms with E-state index in [9.17, 15) is 9.59 Å². The predicted molar refractivity (Wildman–Crippen MR) is 79.9 cm³/mol. The summed E-state index contributed by atoms with van der Waals surface area (Å²) in [4.78, 5) is 22.7. The molecule has 1 amide bonds. The number of thioether (sulfide) groups is 1. The van der Waals surface area contributed by atoms with Crippen LogP contribution < -0.4 is 5.32 Å². The first-order valence-electron chi connectivity index (χ1n) is 6.82. The molecular formula is C15H19NO3S. The Morgan fingerprint density at radius 2 is 2.05 bits per heavy atom. The molecule has 0 aliphatic carbocycles. The molecule has 0 aromatic heterocycles. The second-order valence-electron chi connectivity index (χ2n) is 5.04. The quantitative estimate of drug-likeness (QED) is 0.875. The van der Waals surface area contributed by atoms with E-state index >= 15 is 0 Å². The maximum atomic E-state index is 11.9. The highest BCUT2D eigenvalue weighted by molar-refractivity contribution is 7.99. The van der Waals surface area contributed by atoms with Gasteiger partial charge in [0.15, 0.2) is 0 Å². The van der Waals surface area contributed by atoms with Gasteiger partial charge in [0.2, 0.25) is 5.91 Å². The summed E-state index contributed by atoms with van der Waals surface area (Å²) in [7, 11) is 0. The van der Waals surface area contributed by atoms with E-state index in [4.69, 9.17) is 5.11 Å². The second kappa shape index (κ2) is 7.33. The van der Waals surface area contributed by atoms with Crippen molar-refractivity contribution in [2.45, 2.75) is 25.8 Å². The third-order valence-electron chi connectivity index (χ3n) is 3.48. The number of carbonyl (C=O) groups is 2. The molecule has 1 saturated heterocycles. The normalized spacial score (nSPS) is 15.8. The predicted octanol–water partition coefficient (Wildman–Crippen LogP) is 2.53. The molecule has 1 aliphatic rings. The number of rotatable bonds is 5. The molecule has 4 nitrogen and oxygen atoms in total. The molecule has 0 spiro atoms. The molecule has 20 heavy (non-hydrogen) atoms. The lowest BCUT2D eigenvalue weighted by Crippen LogP contribution is -2.26. The number of amides is 1. The van der Waals surface area contributed by atoms with Gasteiger partial charge in [-0.15, -0.1) is 0 Å². The zero-order chi connectivity index (χ0) is 14.4. The number of carboxylic acid groups (broad SMARTS) is 1. The van der Waals surface area contributed by atoms with Gasteiger partial charge >= 0.3 is 5.97 Å². The number of hydrogen-bond donors (Lipinski definition) is 2. The van der Waals surface area contributed by atoms with E-state index in [-0.39, 0.29) is 11.5 Å². The average Bonchev–Trinajstić information content (AvgIpc) is 2.46. The summed E-state index contributed by atoms with van der Waals surface area (Å²) in [6.45, 7) is 0.390. The molecule has 1 aromatic carbocycles. The van der Waals surface area contributed by atoms with Gasteiger partial charge in [0.1, 0.15) is 0 Å². The average molecular weight is 293 g/mol. The molecule has 2 N–H and O–H groups in total. The van der Waals surface area contributed by atoms with Crippen molar-refractivity contribution in [1.29, 1.82) is 0 Å². The fourth-order valence-electron chi connectivity index (χ4n) is 2.30. The van der Waals surface area contributed by atoms with Gasteiger partial charge in [0.25, 0.3) is 0 Å². The Morgan fingerprint density at radius 1 is 1.30 bits per heavy atom. The fourth-order valence-corrected chi connectivity index (χ4v) is 3.50. The van der Waals surface area contributed by atoms with Crippen LogP contribution in [0.5, 0.6) is 0 Å². The van der Waals surface area contributed by atoms with Crippen molar-refractivity contribution in [2.24, 2.45) is 5.92 Å². The molecule has 1 heterocycles. The van der Waals surface area contributed by atoms with Crippen LogP contribution in [0.1, 0.15) is 35.2 Å². The highest BCUT2D eigenvalue weighted by Gasteiger charge is 2.17. The van der Waals surface area contributed by atoms with Crippen molar-refractivity contribution in [2.75, 3.05) is 11.5 Å². The number of hydrogen-bond acceptors (Lipinski definition) is 3. The second-order valence-corrected chi connectivity index (χ2v) is 6.27. The molecule has 1 fully saturated rings. The minimum Gasteiger partial charge on any atom is -0.478 e. The third kappa shape index (κ3) is 4.56. The van der Waals surface area contributed by atoms with Crippen LogP contribution in [0.2, 0.25) is 0 Å². The Balaban J connectivity index is 1.80. The Kier molecular flexibility index (Phi) is 5.47. The van der Waals surface area contributed by atoms with Gasteiger partial charge in [-0.05, 0) is 48.0 Å². The Morgan fingerprint density at radius 3 is 2.75 bits per heavy atom. The number of carboxylic acids is 1. The van der Waals surface area contributed by atoms with Crippen LogP contribution in [-0.2, 0) is 11.3 Å². The largest absolute Gasteiger partial charge is 0.478 e. The van der Waals surface area contributed by atoms with E-state index in [1.165, 1.54) is 0 Å². The summed E-state index contributed by atoms with van der Waals surface area (Å²) in [5.74, 6) is 1.92. The van der Waals surface area contributed by atoms with E-state index in [1.807, 2.05) is 17.8 Å². The van der Waals surface area contributed by atoms with E-state index < -0.39 is 5.97 Å². The topological polar surface area (TPSA) is 66.4 Å². The van der Waals surface area contributed by atoms with Gasteiger partial charge in [-0.2, -0.15) is 11.8 Å². The van der Waals surface area contributed by atoms with Gasteiger partial charge < -0.3 is 10.4 Å². The van der Waals surface area contributed by atoms with E-state index in [0.29, 0.717) is 18.9 Å². The summed E-state index contributed by atoms with van der Waals surface area (Å²) >= 11 is 1.95. The molecule has 108 valence electrons. The standard InChI is InChI=1S/C15H19NO3S/c17-14(9-11-4-6-20-7-5-11)16-10-12-2-1-3-13(8-12)15(18)19/h1-3,8,11H,4-7,9-10H2,(H,16,17)(H,18,19). The molecule has 0 atom stereocenters. The van der Waals surface area contributed by atoms with Crippen molar-refractivity contribution in [3.63, 3.8) is 0 Å². The summed E-state index contributed by atoms with van der Waals surface area (Å²) in [5, 5.41) is 11.8. The van der Waals surface area contributed by atoms with Gasteiger partial charge in [-0.1, -0.05) is 12.1 Å². The Labute approximate surface area is 123 Å². The monoisotopic (exact) mass is 293 g/mol. The zero-order valence-corrected chi connectivity index (χ0v) is 12.1. The van der Waals surface area contributed by atoms with Crippen molar-refractivity contribution in [1.82, 2.24) is 5.32 Å². The number of aromatic carboxylic acids is 1. The van der Waals surface area contributed by atoms with Crippen LogP contribution in [0, 0.1) is 5.92 Å². The molecular weight excluding hydrogens is 274 g/mol. The summed E-state index contributed by atoms with van der Waals surface area (Å²) in [6, 6.07) is 6.67. The molecule has 1 aliphatic heterocycles. The smallest absolute Gasteiger partial charge is 0.335 e. The fraction of sp³-hybridized carbons (Fsp3) is 0.467. The first-order chi connectivity index (χ1) is 9.65. The minimum atomic E-state index is -0.946. The molecule has 0 radical (unpaired) electrons. The minimum absolute atomic E-state index is 0.0580. The molecule has 0 unspecified atom stereocenters. The van der Waals surface area contributed by atoms with Crippen molar-refractivity contribution < 1.29 is 14.7 Å². The zero-order valence-electron chi connectivity index (χ0n) is 11.3. The lowest BCUT2D eigenvalue weighted by Gasteiger charge is -2.20. The lowest BCUT2D eigenvalue weighted by molar-refractivity contribution is -0.122. The number of benzene rings is 1. The maximum absolute atomic E-state index is 11.9. The number of carbonyl (C=O) groups excluding carboxylic acids is 1. The number of nitrogens with one attached hydrogen (secondary N) is 1. The summed E-state index contributed by atoms with van der Waals surface area (Å²) in [6.07, 6.45) is 2.82. The van der Waals surface area contributed by atoms with Gasteiger partial charge in [-0.25, -0.2) is 4.79 Å². The summed E-state index contributed by atoms with van der Waals surface area (Å²) < 4.78 is 0. The van der Waals surface area contributed by atoms with Crippen molar-refractivity contribution >= 4 is 23.6 Å². The lowest BCUT2D eigenvalue weighted by atomic mass is 9.98. The van der Waals surface area contributed by atoms with Crippen LogP contribution >= 0.6 is 11.8 Å². The molecule has 5 heteroatoms. The van der Waals surface area contributed by atoms with E-state index in [1.54, 1.807) is 18.2 Å². The van der Waals surface area contributed by atoms with Crippen LogP contribution in [0.15, 0.2) is 24.3 Å². The highest BCUT2D eigenvalue weighted by atomic mass is 32.2. The van der Waals surface area contributed by atoms with Gasteiger partial charge in [-0.3, -0.25) is 4.79 Å².